The summed E-state index contributed by atoms with van der Waals surface area (Å²) in [6.07, 6.45) is 0.0655. The van der Waals surface area contributed by atoms with Crippen molar-refractivity contribution in [2.24, 2.45) is 0 Å². The molecule has 156 valence electrons. The number of aryl methyl sites for hydroxylation is 1. The van der Waals surface area contributed by atoms with Gasteiger partial charge in [-0.1, -0.05) is 30.7 Å². The highest BCUT2D eigenvalue weighted by Crippen LogP contribution is 2.22. The first-order valence-electron chi connectivity index (χ1n) is 10.2. The van der Waals surface area contributed by atoms with Gasteiger partial charge in [-0.25, -0.2) is 0 Å². The standard InChI is InChI=1S/C23H30ClN3O2/c1-4-22(29-20-9-10-21(24)17(2)15-20)23(28)25-16-18-5-7-19(8-6-18)27-13-11-26(3)12-14-27/h5-10,15,22H,4,11-14,16H2,1-3H3,(H,25,28)/t22-/m0/s1. The summed E-state index contributed by atoms with van der Waals surface area (Å²) in [6, 6.07) is 13.9. The van der Waals surface area contributed by atoms with Crippen molar-refractivity contribution in [2.75, 3.05) is 38.1 Å². The number of likely N-dealkylation sites (N-methyl/N-ethyl adjacent to an activating group) is 1. The smallest absolute Gasteiger partial charge is 0.261 e. The highest BCUT2D eigenvalue weighted by atomic mass is 35.5. The second kappa shape index (κ2) is 9.99. The van der Waals surface area contributed by atoms with Crippen LogP contribution in [0.5, 0.6) is 5.75 Å². The lowest BCUT2D eigenvalue weighted by Crippen LogP contribution is -2.44. The van der Waals surface area contributed by atoms with Gasteiger partial charge in [0, 0.05) is 43.4 Å². The maximum atomic E-state index is 12.6. The molecule has 1 aliphatic rings. The molecule has 1 N–H and O–H groups in total. The van der Waals surface area contributed by atoms with Gasteiger partial charge in [-0.05, 0) is 61.9 Å². The van der Waals surface area contributed by atoms with Crippen LogP contribution in [0.1, 0.15) is 24.5 Å². The van der Waals surface area contributed by atoms with Crippen molar-refractivity contribution in [3.05, 3.63) is 58.6 Å². The Balaban J connectivity index is 1.52. The van der Waals surface area contributed by atoms with Gasteiger partial charge in [0.2, 0.25) is 0 Å². The number of nitrogens with one attached hydrogen (secondary N) is 1. The van der Waals surface area contributed by atoms with E-state index in [2.05, 4.69) is 46.4 Å². The maximum absolute atomic E-state index is 12.6. The fourth-order valence-electron chi connectivity index (χ4n) is 3.37. The van der Waals surface area contributed by atoms with E-state index < -0.39 is 6.10 Å². The van der Waals surface area contributed by atoms with Crippen molar-refractivity contribution < 1.29 is 9.53 Å². The van der Waals surface area contributed by atoms with Crippen LogP contribution in [0.3, 0.4) is 0 Å². The molecule has 6 heteroatoms. The molecule has 1 saturated heterocycles. The molecular formula is C23H30ClN3O2. The zero-order chi connectivity index (χ0) is 20.8. The summed E-state index contributed by atoms with van der Waals surface area (Å²) in [5, 5.41) is 3.68. The van der Waals surface area contributed by atoms with Crippen molar-refractivity contribution in [1.29, 1.82) is 0 Å². The van der Waals surface area contributed by atoms with Crippen molar-refractivity contribution in [2.45, 2.75) is 32.9 Å². The number of benzene rings is 2. The Morgan fingerprint density at radius 1 is 1.14 bits per heavy atom. The third-order valence-corrected chi connectivity index (χ3v) is 5.77. The van der Waals surface area contributed by atoms with Crippen LogP contribution in [0, 0.1) is 6.92 Å². The number of hydrogen-bond acceptors (Lipinski definition) is 4. The molecule has 1 atom stereocenters. The van der Waals surface area contributed by atoms with Crippen LogP contribution in [0.4, 0.5) is 5.69 Å². The molecule has 1 aliphatic heterocycles. The van der Waals surface area contributed by atoms with Crippen LogP contribution in [0.25, 0.3) is 0 Å². The van der Waals surface area contributed by atoms with E-state index in [4.69, 9.17) is 16.3 Å². The second-order valence-electron chi connectivity index (χ2n) is 7.60. The first-order valence-corrected chi connectivity index (χ1v) is 10.6. The lowest BCUT2D eigenvalue weighted by Gasteiger charge is -2.34. The number of amides is 1. The Morgan fingerprint density at radius 3 is 2.45 bits per heavy atom. The lowest BCUT2D eigenvalue weighted by atomic mass is 10.1. The van der Waals surface area contributed by atoms with Gasteiger partial charge in [0.25, 0.3) is 5.91 Å². The molecule has 29 heavy (non-hydrogen) atoms. The number of nitrogens with zero attached hydrogens (tertiary/aromatic N) is 2. The van der Waals surface area contributed by atoms with Crippen molar-refractivity contribution in [3.63, 3.8) is 0 Å². The van der Waals surface area contributed by atoms with Gasteiger partial charge >= 0.3 is 0 Å². The highest BCUT2D eigenvalue weighted by molar-refractivity contribution is 6.31. The van der Waals surface area contributed by atoms with Crippen LogP contribution >= 0.6 is 11.6 Å². The quantitative estimate of drug-likeness (QED) is 0.745. The molecule has 0 radical (unpaired) electrons. The number of rotatable bonds is 7. The molecule has 0 bridgehead atoms. The maximum Gasteiger partial charge on any atom is 0.261 e. The van der Waals surface area contributed by atoms with Crippen molar-refractivity contribution >= 4 is 23.2 Å². The average Bonchev–Trinajstić information content (AvgIpc) is 2.73. The Labute approximate surface area is 178 Å². The SMILES string of the molecule is CC[C@H](Oc1ccc(Cl)c(C)c1)C(=O)NCc1ccc(N2CCN(C)CC2)cc1. The minimum absolute atomic E-state index is 0.108. The fraction of sp³-hybridized carbons (Fsp3) is 0.435. The van der Waals surface area contributed by atoms with Crippen LogP contribution in [-0.4, -0.2) is 50.1 Å². The fourth-order valence-corrected chi connectivity index (χ4v) is 3.49. The molecule has 0 aromatic heterocycles. The van der Waals surface area contributed by atoms with Crippen LogP contribution in [0.2, 0.25) is 5.02 Å². The summed E-state index contributed by atoms with van der Waals surface area (Å²) in [6.45, 7) is 8.62. The van der Waals surface area contributed by atoms with Crippen molar-refractivity contribution in [1.82, 2.24) is 10.2 Å². The first kappa shape index (κ1) is 21.5. The van der Waals surface area contributed by atoms with Gasteiger partial charge in [0.05, 0.1) is 0 Å². The number of ether oxygens (including phenoxy) is 1. The predicted molar refractivity (Wildman–Crippen MR) is 119 cm³/mol. The highest BCUT2D eigenvalue weighted by Gasteiger charge is 2.19. The predicted octanol–water partition coefficient (Wildman–Crippen LogP) is 3.87. The molecule has 0 saturated carbocycles. The Hall–Kier alpha value is -2.24. The monoisotopic (exact) mass is 415 g/mol. The largest absolute Gasteiger partial charge is 0.481 e. The van der Waals surface area contributed by atoms with Gasteiger partial charge in [0.15, 0.2) is 6.10 Å². The molecule has 1 amide bonds. The van der Waals surface area contributed by atoms with Gasteiger partial charge in [0.1, 0.15) is 5.75 Å². The van der Waals surface area contributed by atoms with E-state index in [9.17, 15) is 4.79 Å². The Kier molecular flexibility index (Phi) is 7.40. The van der Waals surface area contributed by atoms with E-state index in [0.717, 1.165) is 37.3 Å². The van der Waals surface area contributed by atoms with Crippen LogP contribution < -0.4 is 15.0 Å². The van der Waals surface area contributed by atoms with Crippen molar-refractivity contribution in [3.8, 4) is 5.75 Å². The number of halogens is 1. The molecule has 5 nitrogen and oxygen atoms in total. The van der Waals surface area contributed by atoms with Gasteiger partial charge in [-0.2, -0.15) is 0 Å². The summed E-state index contributed by atoms with van der Waals surface area (Å²) < 4.78 is 5.88. The van der Waals surface area contributed by atoms with Gasteiger partial charge in [-0.3, -0.25) is 4.79 Å². The van der Waals surface area contributed by atoms with E-state index in [1.54, 1.807) is 12.1 Å². The van der Waals surface area contributed by atoms with E-state index in [-0.39, 0.29) is 5.91 Å². The molecule has 2 aromatic carbocycles. The summed E-state index contributed by atoms with van der Waals surface area (Å²) in [4.78, 5) is 17.3. The minimum Gasteiger partial charge on any atom is -0.481 e. The lowest BCUT2D eigenvalue weighted by molar-refractivity contribution is -0.128. The Bertz CT molecular complexity index is 817. The van der Waals surface area contributed by atoms with E-state index in [0.29, 0.717) is 23.7 Å². The number of piperazine rings is 1. The first-order chi connectivity index (χ1) is 14.0. The Morgan fingerprint density at radius 2 is 1.83 bits per heavy atom. The normalized spacial score (nSPS) is 15.8. The average molecular weight is 416 g/mol. The van der Waals surface area contributed by atoms with E-state index in [1.807, 2.05) is 19.9 Å². The topological polar surface area (TPSA) is 44.8 Å². The van der Waals surface area contributed by atoms with Crippen LogP contribution in [-0.2, 0) is 11.3 Å². The summed E-state index contributed by atoms with van der Waals surface area (Å²) >= 11 is 6.06. The number of carbonyl (C=O) groups is 1. The molecule has 0 unspecified atom stereocenters. The van der Waals surface area contributed by atoms with E-state index >= 15 is 0 Å². The van der Waals surface area contributed by atoms with E-state index in [1.165, 1.54) is 5.69 Å². The van der Waals surface area contributed by atoms with Gasteiger partial charge in [-0.15, -0.1) is 0 Å². The molecule has 0 spiro atoms. The summed E-state index contributed by atoms with van der Waals surface area (Å²) in [5.41, 5.74) is 3.24. The summed E-state index contributed by atoms with van der Waals surface area (Å²) in [5.74, 6) is 0.550. The third kappa shape index (κ3) is 5.87. The zero-order valence-corrected chi connectivity index (χ0v) is 18.2. The number of carbonyl (C=O) groups excluding carboxylic acids is 1. The minimum atomic E-state index is -0.528. The van der Waals surface area contributed by atoms with Crippen LogP contribution in [0.15, 0.2) is 42.5 Å². The number of hydrogen-bond donors (Lipinski definition) is 1. The molecule has 2 aromatic rings. The number of anilines is 1. The molecule has 3 rings (SSSR count). The molecule has 1 fully saturated rings. The zero-order valence-electron chi connectivity index (χ0n) is 17.5. The second-order valence-corrected chi connectivity index (χ2v) is 8.01. The molecule has 1 heterocycles. The molecular weight excluding hydrogens is 386 g/mol. The third-order valence-electron chi connectivity index (χ3n) is 5.34. The molecule has 0 aliphatic carbocycles. The summed E-state index contributed by atoms with van der Waals surface area (Å²) in [7, 11) is 2.16. The van der Waals surface area contributed by atoms with Gasteiger partial charge < -0.3 is 19.9 Å².